The number of para-hydroxylation sites is 1. The molecule has 0 spiro atoms. The summed E-state index contributed by atoms with van der Waals surface area (Å²) in [4.78, 5) is 93.4. The maximum absolute atomic E-state index is 14.5. The van der Waals surface area contributed by atoms with E-state index in [-0.39, 0.29) is 44.2 Å². The van der Waals surface area contributed by atoms with E-state index in [0.717, 1.165) is 54.1 Å². The van der Waals surface area contributed by atoms with Gasteiger partial charge >= 0.3 is 0 Å². The van der Waals surface area contributed by atoms with Gasteiger partial charge in [0.05, 0.1) is 0 Å². The lowest BCUT2D eigenvalue weighted by Gasteiger charge is -2.32. The Labute approximate surface area is 356 Å². The number of fused-ring (bicyclic) bond motifs is 2. The monoisotopic (exact) mass is 836 g/mol. The summed E-state index contributed by atoms with van der Waals surface area (Å²) < 4.78 is 0. The Morgan fingerprint density at radius 2 is 1.51 bits per heavy atom. The van der Waals surface area contributed by atoms with Crippen molar-refractivity contribution < 1.29 is 28.8 Å². The molecule has 16 heteroatoms. The van der Waals surface area contributed by atoms with E-state index in [1.165, 1.54) is 11.0 Å². The summed E-state index contributed by atoms with van der Waals surface area (Å²) in [7, 11) is 0. The van der Waals surface area contributed by atoms with Gasteiger partial charge in [-0.05, 0) is 74.1 Å². The molecule has 16 nitrogen and oxygen atoms in total. The average Bonchev–Trinajstić information content (AvgIpc) is 3.92. The molecular formula is C45H60N10O6. The second kappa shape index (κ2) is 21.9. The second-order valence-corrected chi connectivity index (χ2v) is 16.4. The van der Waals surface area contributed by atoms with E-state index in [1.54, 1.807) is 12.3 Å². The molecule has 1 aliphatic carbocycles. The number of carbonyl (C=O) groups is 6. The molecule has 2 saturated heterocycles. The van der Waals surface area contributed by atoms with E-state index >= 15 is 0 Å². The van der Waals surface area contributed by atoms with E-state index in [1.807, 2.05) is 54.6 Å². The number of H-pyrrole nitrogens is 1. The van der Waals surface area contributed by atoms with Crippen LogP contribution in [0.3, 0.4) is 0 Å². The Kier molecular flexibility index (Phi) is 15.9. The third kappa shape index (κ3) is 12.7. The number of amides is 6. The lowest BCUT2D eigenvalue weighted by atomic mass is 9.84. The van der Waals surface area contributed by atoms with Crippen molar-refractivity contribution in [2.45, 2.75) is 114 Å². The molecule has 3 aliphatic rings. The summed E-state index contributed by atoms with van der Waals surface area (Å²) in [5, 5.41) is 15.5. The molecule has 3 fully saturated rings. The number of hydrogen-bond donors (Lipinski definition) is 8. The summed E-state index contributed by atoms with van der Waals surface area (Å²) in [6.45, 7) is 0.647. The smallest absolute Gasteiger partial charge is 0.245 e. The molecule has 5 atom stereocenters. The van der Waals surface area contributed by atoms with Gasteiger partial charge in [-0.15, -0.1) is 0 Å². The van der Waals surface area contributed by atoms with Gasteiger partial charge in [0.2, 0.25) is 35.4 Å². The van der Waals surface area contributed by atoms with Gasteiger partial charge in [-0.25, -0.2) is 0 Å². The molecule has 2 aromatic carbocycles. The third-order valence-electron chi connectivity index (χ3n) is 11.9. The van der Waals surface area contributed by atoms with Crippen LogP contribution >= 0.6 is 0 Å². The van der Waals surface area contributed by atoms with Crippen molar-refractivity contribution in [1.29, 1.82) is 0 Å². The molecule has 6 amide bonds. The largest absolute Gasteiger partial charge is 0.370 e. The number of aromatic amines is 1. The lowest BCUT2D eigenvalue weighted by Crippen LogP contribution is -2.59. The molecule has 0 unspecified atom stereocenters. The Bertz CT molecular complexity index is 2060. The van der Waals surface area contributed by atoms with Crippen molar-refractivity contribution >= 4 is 58.4 Å². The standard InChI is InChI=1S/C45H60N10O6/c46-45(47)49-24-9-18-34-40(57)48-23-10-19-35(51-39(56)22-21-29-12-3-1-4-13-29)44(61)55-25-11-20-38(55)43(60)54-36(26-30-14-5-2-6-15-30)41(58)53-37(42(59)52-34)27-31-28-50-33-17-8-7-16-32(31)33/h1,3-4,7-8,12-13,16-17,21-22,28,30,34-38,50H,2,5-6,9-11,14-15,18-20,23-27H2,(H,48,57)(H,51,56)(H,52,59)(H,53,58)(H,54,60)(H4,46,47,49)/t34-,35-,36+,37-,38-/m0/s1. The molecule has 3 heterocycles. The first-order chi connectivity index (χ1) is 29.5. The Hall–Kier alpha value is -6.19. The van der Waals surface area contributed by atoms with Crippen molar-refractivity contribution in [3.63, 3.8) is 0 Å². The number of nitrogens with zero attached hydrogens (tertiary/aromatic N) is 2. The van der Waals surface area contributed by atoms with Crippen molar-refractivity contribution in [1.82, 2.24) is 36.5 Å². The molecule has 1 aromatic heterocycles. The number of rotatable bonds is 11. The summed E-state index contributed by atoms with van der Waals surface area (Å²) in [5.41, 5.74) is 13.5. The molecule has 1 saturated carbocycles. The summed E-state index contributed by atoms with van der Waals surface area (Å²) in [6, 6.07) is 11.9. The summed E-state index contributed by atoms with van der Waals surface area (Å²) >= 11 is 0. The van der Waals surface area contributed by atoms with Crippen molar-refractivity contribution in [3.8, 4) is 0 Å². The van der Waals surface area contributed by atoms with Crippen LogP contribution in [-0.2, 0) is 35.2 Å². The normalized spacial score (nSPS) is 23.9. The van der Waals surface area contributed by atoms with E-state index in [4.69, 9.17) is 11.5 Å². The molecular weight excluding hydrogens is 777 g/mol. The zero-order chi connectivity index (χ0) is 43.1. The van der Waals surface area contributed by atoms with Crippen LogP contribution in [0.2, 0.25) is 0 Å². The van der Waals surface area contributed by atoms with E-state index < -0.39 is 65.7 Å². The fraction of sp³-hybridized carbons (Fsp3) is 0.489. The van der Waals surface area contributed by atoms with Gasteiger partial charge in [0.1, 0.15) is 30.2 Å². The molecule has 326 valence electrons. The van der Waals surface area contributed by atoms with E-state index in [0.29, 0.717) is 38.6 Å². The SMILES string of the molecule is NC(N)=NCCC[C@@H]1NC(=O)[C@H](Cc2c[nH]c3ccccc23)NC(=O)[C@@H](CC2CCCCC2)NC(=O)[C@@H]2CCCN2C(=O)[C@@H](NC(=O)C=Cc2ccccc2)CCCNC1=O. The number of aliphatic imine (C=N–C) groups is 1. The van der Waals surface area contributed by atoms with Crippen LogP contribution in [0.15, 0.2) is 71.9 Å². The van der Waals surface area contributed by atoms with Gasteiger partial charge in [0, 0.05) is 49.2 Å². The van der Waals surface area contributed by atoms with Crippen LogP contribution in [-0.4, -0.2) is 101 Å². The van der Waals surface area contributed by atoms with Gasteiger partial charge in [-0.1, -0.05) is 80.6 Å². The summed E-state index contributed by atoms with van der Waals surface area (Å²) in [5.74, 6) is -2.83. The molecule has 61 heavy (non-hydrogen) atoms. The first kappa shape index (κ1) is 44.4. The van der Waals surface area contributed by atoms with Gasteiger partial charge in [0.25, 0.3) is 0 Å². The predicted molar refractivity (Wildman–Crippen MR) is 233 cm³/mol. The number of nitrogens with two attached hydrogens (primary N) is 2. The Balaban J connectivity index is 1.30. The highest BCUT2D eigenvalue weighted by atomic mass is 16.2. The first-order valence-corrected chi connectivity index (χ1v) is 21.7. The van der Waals surface area contributed by atoms with Crippen LogP contribution in [0.1, 0.15) is 88.2 Å². The Morgan fingerprint density at radius 3 is 2.30 bits per heavy atom. The van der Waals surface area contributed by atoms with Crippen molar-refractivity contribution in [2.75, 3.05) is 19.6 Å². The van der Waals surface area contributed by atoms with Gasteiger partial charge in [0.15, 0.2) is 5.96 Å². The number of carbonyl (C=O) groups excluding carboxylic acids is 6. The third-order valence-corrected chi connectivity index (χ3v) is 11.9. The van der Waals surface area contributed by atoms with Gasteiger partial charge in [-0.3, -0.25) is 33.8 Å². The zero-order valence-corrected chi connectivity index (χ0v) is 34.7. The maximum Gasteiger partial charge on any atom is 0.245 e. The maximum atomic E-state index is 14.5. The van der Waals surface area contributed by atoms with Crippen LogP contribution in [0, 0.1) is 5.92 Å². The highest BCUT2D eigenvalue weighted by Gasteiger charge is 2.40. The number of guanidine groups is 1. The van der Waals surface area contributed by atoms with Crippen LogP contribution < -0.4 is 38.1 Å². The number of hydrogen-bond acceptors (Lipinski definition) is 7. The number of nitrogens with one attached hydrogen (secondary N) is 6. The van der Waals surface area contributed by atoms with Crippen LogP contribution in [0.4, 0.5) is 0 Å². The second-order valence-electron chi connectivity index (χ2n) is 16.4. The minimum atomic E-state index is -1.12. The molecule has 2 aliphatic heterocycles. The zero-order valence-electron chi connectivity index (χ0n) is 34.7. The van der Waals surface area contributed by atoms with Crippen LogP contribution in [0.5, 0.6) is 0 Å². The average molecular weight is 837 g/mol. The highest BCUT2D eigenvalue weighted by molar-refractivity contribution is 5.98. The van der Waals surface area contributed by atoms with Gasteiger partial charge < -0.3 is 47.9 Å². The minimum Gasteiger partial charge on any atom is -0.370 e. The lowest BCUT2D eigenvalue weighted by molar-refractivity contribution is -0.142. The highest BCUT2D eigenvalue weighted by Crippen LogP contribution is 2.28. The Morgan fingerprint density at radius 1 is 0.787 bits per heavy atom. The topological polar surface area (TPSA) is 246 Å². The summed E-state index contributed by atoms with van der Waals surface area (Å²) in [6.07, 6.45) is 12.2. The van der Waals surface area contributed by atoms with Crippen molar-refractivity contribution in [3.05, 3.63) is 78.0 Å². The van der Waals surface area contributed by atoms with E-state index in [2.05, 4.69) is 36.6 Å². The molecule has 10 N–H and O–H groups in total. The first-order valence-electron chi connectivity index (χ1n) is 21.7. The fourth-order valence-corrected chi connectivity index (χ4v) is 8.66. The van der Waals surface area contributed by atoms with E-state index in [9.17, 15) is 28.8 Å². The molecule has 0 radical (unpaired) electrons. The van der Waals surface area contributed by atoms with Crippen molar-refractivity contribution in [2.24, 2.45) is 22.4 Å². The minimum absolute atomic E-state index is 0.0958. The number of benzene rings is 2. The predicted octanol–water partition coefficient (Wildman–Crippen LogP) is 2.29. The number of aromatic nitrogens is 1. The molecule has 6 rings (SSSR count). The van der Waals surface area contributed by atoms with Gasteiger partial charge in [-0.2, -0.15) is 0 Å². The molecule has 0 bridgehead atoms. The quantitative estimate of drug-likeness (QED) is 0.0615. The fourth-order valence-electron chi connectivity index (χ4n) is 8.66. The molecule has 3 aromatic rings. The van der Waals surface area contributed by atoms with Crippen LogP contribution in [0.25, 0.3) is 17.0 Å².